The van der Waals surface area contributed by atoms with E-state index < -0.39 is 10.0 Å². The summed E-state index contributed by atoms with van der Waals surface area (Å²) in [6.45, 7) is 1.17. The summed E-state index contributed by atoms with van der Waals surface area (Å²) in [7, 11) is -3.10. The molecule has 0 bridgehead atoms. The van der Waals surface area contributed by atoms with Gasteiger partial charge in [0, 0.05) is 13.1 Å². The number of hydrogen-bond donors (Lipinski definition) is 0. The van der Waals surface area contributed by atoms with Gasteiger partial charge in [-0.15, -0.1) is 0 Å². The van der Waals surface area contributed by atoms with Crippen LogP contribution in [0.25, 0.3) is 0 Å². The highest BCUT2D eigenvalue weighted by Gasteiger charge is 2.34. The van der Waals surface area contributed by atoms with E-state index in [1.807, 2.05) is 18.2 Å². The van der Waals surface area contributed by atoms with E-state index in [0.29, 0.717) is 13.1 Å². The van der Waals surface area contributed by atoms with Gasteiger partial charge < -0.3 is 0 Å². The smallest absolute Gasteiger partial charge is 0.212 e. The highest BCUT2D eigenvalue weighted by atomic mass is 32.2. The van der Waals surface area contributed by atoms with E-state index >= 15 is 0 Å². The highest BCUT2D eigenvalue weighted by Crippen LogP contribution is 2.29. The van der Waals surface area contributed by atoms with Gasteiger partial charge in [0.05, 0.1) is 5.25 Å². The topological polar surface area (TPSA) is 37.4 Å². The van der Waals surface area contributed by atoms with E-state index in [-0.39, 0.29) is 5.25 Å². The summed E-state index contributed by atoms with van der Waals surface area (Å²) in [5, 5.41) is -0.141. The predicted octanol–water partition coefficient (Wildman–Crippen LogP) is 2.51. The molecule has 0 unspecified atom stereocenters. The molecule has 2 aliphatic rings. The molecule has 1 radical (unpaired) electrons. The predicted molar refractivity (Wildman–Crippen MR) is 75.2 cm³/mol. The van der Waals surface area contributed by atoms with Gasteiger partial charge in [0.15, 0.2) is 0 Å². The first-order valence-corrected chi connectivity index (χ1v) is 8.65. The van der Waals surface area contributed by atoms with Gasteiger partial charge in [-0.25, -0.2) is 8.42 Å². The van der Waals surface area contributed by atoms with Crippen molar-refractivity contribution in [2.45, 2.75) is 50.3 Å². The lowest BCUT2D eigenvalue weighted by molar-refractivity contribution is 0.371. The van der Waals surface area contributed by atoms with Crippen molar-refractivity contribution >= 4 is 10.0 Å². The maximum atomic E-state index is 12.7. The van der Waals surface area contributed by atoms with Crippen LogP contribution < -0.4 is 0 Å². The Labute approximate surface area is 115 Å². The van der Waals surface area contributed by atoms with Gasteiger partial charge in [-0.05, 0) is 36.5 Å². The minimum Gasteiger partial charge on any atom is -0.212 e. The quantitative estimate of drug-likeness (QED) is 0.833. The molecule has 0 amide bonds. The third-order valence-corrected chi connectivity index (χ3v) is 6.71. The number of rotatable bonds is 2. The Morgan fingerprint density at radius 3 is 2.74 bits per heavy atom. The Balaban J connectivity index is 1.80. The summed E-state index contributed by atoms with van der Waals surface area (Å²) in [5.41, 5.74) is 2.39. The third kappa shape index (κ3) is 2.56. The fraction of sp³-hybridized carbons (Fsp3) is 0.600. The number of benzene rings is 1. The van der Waals surface area contributed by atoms with Crippen LogP contribution in [0.5, 0.6) is 0 Å². The molecule has 0 aromatic heterocycles. The zero-order valence-corrected chi connectivity index (χ0v) is 12.0. The normalized spacial score (nSPS) is 22.1. The first-order chi connectivity index (χ1) is 9.18. The largest absolute Gasteiger partial charge is 0.217 e. The average molecular weight is 278 g/mol. The van der Waals surface area contributed by atoms with Gasteiger partial charge in [-0.1, -0.05) is 37.5 Å². The maximum absolute atomic E-state index is 12.7. The minimum atomic E-state index is -3.10. The Morgan fingerprint density at radius 1 is 1.16 bits per heavy atom. The van der Waals surface area contributed by atoms with Crippen LogP contribution in [0.1, 0.15) is 43.2 Å². The molecule has 3 nitrogen and oxygen atoms in total. The Bertz CT molecular complexity index is 547. The molecule has 0 saturated heterocycles. The lowest BCUT2D eigenvalue weighted by atomic mass is 10.0. The van der Waals surface area contributed by atoms with Crippen LogP contribution in [0, 0.1) is 6.07 Å². The van der Waals surface area contributed by atoms with Crippen LogP contribution >= 0.6 is 0 Å². The summed E-state index contributed by atoms with van der Waals surface area (Å²) >= 11 is 0. The van der Waals surface area contributed by atoms with Crippen LogP contribution in [0.15, 0.2) is 18.2 Å². The second kappa shape index (κ2) is 5.25. The molecule has 1 saturated carbocycles. The van der Waals surface area contributed by atoms with Crippen molar-refractivity contribution in [2.75, 3.05) is 6.54 Å². The molecule has 1 aromatic rings. The Kier molecular flexibility index (Phi) is 3.63. The summed E-state index contributed by atoms with van der Waals surface area (Å²) in [6, 6.07) is 8.92. The first kappa shape index (κ1) is 13.1. The lowest BCUT2D eigenvalue weighted by Gasteiger charge is -2.32. The molecule has 19 heavy (non-hydrogen) atoms. The van der Waals surface area contributed by atoms with Gasteiger partial charge in [0.2, 0.25) is 10.0 Å². The molecule has 1 aromatic carbocycles. The van der Waals surface area contributed by atoms with Crippen molar-refractivity contribution in [2.24, 2.45) is 0 Å². The second-order valence-corrected chi connectivity index (χ2v) is 7.80. The summed E-state index contributed by atoms with van der Waals surface area (Å²) in [6.07, 6.45) is 5.80. The Morgan fingerprint density at radius 2 is 1.95 bits per heavy atom. The van der Waals surface area contributed by atoms with E-state index in [4.69, 9.17) is 0 Å². The van der Waals surface area contributed by atoms with Crippen molar-refractivity contribution in [3.63, 3.8) is 0 Å². The fourth-order valence-electron chi connectivity index (χ4n) is 3.19. The molecule has 1 aliphatic carbocycles. The molecule has 3 rings (SSSR count). The van der Waals surface area contributed by atoms with Crippen molar-refractivity contribution in [1.29, 1.82) is 0 Å². The standard InChI is InChI=1S/C15H20NO2S/c17-19(18,15-8-2-1-3-9-15)16-11-10-13-6-4-5-7-14(13)12-16/h5-7,15H,1-3,8-12H2. The highest BCUT2D eigenvalue weighted by molar-refractivity contribution is 7.89. The van der Waals surface area contributed by atoms with Crippen LogP contribution in [-0.4, -0.2) is 24.5 Å². The van der Waals surface area contributed by atoms with Crippen LogP contribution in [-0.2, 0) is 23.0 Å². The van der Waals surface area contributed by atoms with Gasteiger partial charge >= 0.3 is 0 Å². The number of nitrogens with zero attached hydrogens (tertiary/aromatic N) is 1. The molecule has 1 aliphatic heterocycles. The fourth-order valence-corrected chi connectivity index (χ4v) is 5.20. The van der Waals surface area contributed by atoms with Gasteiger partial charge in [0.1, 0.15) is 0 Å². The summed E-state index contributed by atoms with van der Waals surface area (Å²) in [5.74, 6) is 0. The molecule has 0 atom stereocenters. The van der Waals surface area contributed by atoms with Gasteiger partial charge in [-0.2, -0.15) is 4.31 Å². The van der Waals surface area contributed by atoms with Crippen LogP contribution in [0.4, 0.5) is 0 Å². The molecule has 103 valence electrons. The second-order valence-electron chi connectivity index (χ2n) is 5.58. The van der Waals surface area contributed by atoms with Crippen molar-refractivity contribution in [3.05, 3.63) is 35.4 Å². The molecule has 0 N–H and O–H groups in total. The third-order valence-electron chi connectivity index (χ3n) is 4.36. The van der Waals surface area contributed by atoms with Gasteiger partial charge in [-0.3, -0.25) is 0 Å². The van der Waals surface area contributed by atoms with Crippen LogP contribution in [0.3, 0.4) is 0 Å². The van der Waals surface area contributed by atoms with E-state index in [1.54, 1.807) is 4.31 Å². The lowest BCUT2D eigenvalue weighted by Crippen LogP contribution is -2.42. The van der Waals surface area contributed by atoms with Crippen molar-refractivity contribution in [1.82, 2.24) is 4.31 Å². The Hall–Kier alpha value is -0.870. The first-order valence-electron chi connectivity index (χ1n) is 7.15. The minimum absolute atomic E-state index is 0.141. The number of sulfonamides is 1. The molecular weight excluding hydrogens is 258 g/mol. The number of fused-ring (bicyclic) bond motifs is 1. The van der Waals surface area contributed by atoms with E-state index in [9.17, 15) is 8.42 Å². The molecule has 1 heterocycles. The van der Waals surface area contributed by atoms with Crippen LogP contribution in [0.2, 0.25) is 0 Å². The zero-order valence-electron chi connectivity index (χ0n) is 11.1. The number of hydrogen-bond acceptors (Lipinski definition) is 2. The molecule has 4 heteroatoms. The zero-order chi connectivity index (χ0) is 13.3. The SMILES string of the molecule is O=S(=O)(C1CCCCC1)N1CCc2c[c]ccc2C1. The summed E-state index contributed by atoms with van der Waals surface area (Å²) in [4.78, 5) is 0. The molecular formula is C15H20NO2S. The summed E-state index contributed by atoms with van der Waals surface area (Å²) < 4.78 is 27.0. The van der Waals surface area contributed by atoms with Crippen molar-refractivity contribution < 1.29 is 8.42 Å². The average Bonchev–Trinajstić information content (AvgIpc) is 2.47. The van der Waals surface area contributed by atoms with E-state index in [2.05, 4.69) is 6.07 Å². The monoisotopic (exact) mass is 278 g/mol. The van der Waals surface area contributed by atoms with Crippen molar-refractivity contribution in [3.8, 4) is 0 Å². The van der Waals surface area contributed by atoms with E-state index in [1.165, 1.54) is 12.0 Å². The maximum Gasteiger partial charge on any atom is 0.217 e. The molecule has 1 fully saturated rings. The molecule has 0 spiro atoms. The van der Waals surface area contributed by atoms with Gasteiger partial charge in [0.25, 0.3) is 0 Å². The van der Waals surface area contributed by atoms with E-state index in [0.717, 1.165) is 37.7 Å².